The van der Waals surface area contributed by atoms with Crippen molar-refractivity contribution in [3.05, 3.63) is 64.1 Å². The van der Waals surface area contributed by atoms with Gasteiger partial charge < -0.3 is 10.6 Å². The van der Waals surface area contributed by atoms with Crippen LogP contribution in [-0.2, 0) is 10.5 Å². The summed E-state index contributed by atoms with van der Waals surface area (Å²) >= 11 is 4.94. The topological polar surface area (TPSA) is 58.2 Å². The molecule has 0 aliphatic rings. The van der Waals surface area contributed by atoms with Crippen LogP contribution in [0, 0.1) is 0 Å². The lowest BCUT2D eigenvalue weighted by atomic mass is 10.1. The fourth-order valence-electron chi connectivity index (χ4n) is 2.15. The summed E-state index contributed by atoms with van der Waals surface area (Å²) in [6.45, 7) is 2.61. The maximum absolute atomic E-state index is 12.2. The summed E-state index contributed by atoms with van der Waals surface area (Å²) in [5.74, 6) is 0.818. The molecular weight excluding hydrogens is 400 g/mol. The van der Waals surface area contributed by atoms with Crippen LogP contribution in [0.3, 0.4) is 0 Å². The van der Waals surface area contributed by atoms with Gasteiger partial charge in [0.1, 0.15) is 0 Å². The van der Waals surface area contributed by atoms with Gasteiger partial charge in [0.25, 0.3) is 5.91 Å². The van der Waals surface area contributed by atoms with E-state index in [2.05, 4.69) is 26.6 Å². The summed E-state index contributed by atoms with van der Waals surface area (Å²) in [6, 6.07) is 15.1. The maximum Gasteiger partial charge on any atom is 0.253 e. The average molecular weight is 421 g/mol. The van der Waals surface area contributed by atoms with Gasteiger partial charge in [-0.1, -0.05) is 47.1 Å². The molecule has 0 fully saturated rings. The van der Waals surface area contributed by atoms with Crippen molar-refractivity contribution < 1.29 is 9.59 Å². The SMILES string of the molecule is CCCNC(=O)c1ccccc1NC(=O)CSCc1ccc(Br)cc1. The number of amides is 2. The molecule has 132 valence electrons. The Kier molecular flexibility index (Phi) is 8.01. The number of anilines is 1. The van der Waals surface area contributed by atoms with E-state index < -0.39 is 0 Å². The molecule has 0 saturated carbocycles. The van der Waals surface area contributed by atoms with E-state index in [-0.39, 0.29) is 11.8 Å². The summed E-state index contributed by atoms with van der Waals surface area (Å²) in [5, 5.41) is 5.67. The van der Waals surface area contributed by atoms with Gasteiger partial charge in [0.05, 0.1) is 17.0 Å². The van der Waals surface area contributed by atoms with Crippen LogP contribution in [0.2, 0.25) is 0 Å². The molecule has 4 nitrogen and oxygen atoms in total. The Morgan fingerprint density at radius 2 is 1.80 bits per heavy atom. The molecule has 0 spiro atoms. The highest BCUT2D eigenvalue weighted by Crippen LogP contribution is 2.18. The van der Waals surface area contributed by atoms with Crippen molar-refractivity contribution in [1.29, 1.82) is 0 Å². The molecule has 0 unspecified atom stereocenters. The molecule has 0 saturated heterocycles. The summed E-state index contributed by atoms with van der Waals surface area (Å²) in [6.07, 6.45) is 0.868. The van der Waals surface area contributed by atoms with E-state index in [9.17, 15) is 9.59 Å². The molecular formula is C19H21BrN2O2S. The minimum absolute atomic E-state index is 0.113. The van der Waals surface area contributed by atoms with Crippen LogP contribution in [0.4, 0.5) is 5.69 Å². The second kappa shape index (κ2) is 10.3. The van der Waals surface area contributed by atoms with E-state index >= 15 is 0 Å². The first kappa shape index (κ1) is 19.5. The van der Waals surface area contributed by atoms with E-state index in [1.807, 2.05) is 31.2 Å². The third kappa shape index (κ3) is 6.55. The Morgan fingerprint density at radius 1 is 1.08 bits per heavy atom. The Labute approximate surface area is 160 Å². The Hall–Kier alpha value is -1.79. The van der Waals surface area contributed by atoms with Crippen LogP contribution in [0.5, 0.6) is 0 Å². The normalized spacial score (nSPS) is 10.3. The highest BCUT2D eigenvalue weighted by atomic mass is 79.9. The summed E-state index contributed by atoms with van der Waals surface area (Å²) in [7, 11) is 0. The third-order valence-electron chi connectivity index (χ3n) is 3.40. The number of thioether (sulfide) groups is 1. The van der Waals surface area contributed by atoms with E-state index in [0.717, 1.165) is 16.6 Å². The molecule has 0 bridgehead atoms. The molecule has 2 aromatic carbocycles. The van der Waals surface area contributed by atoms with Gasteiger partial charge in [-0.3, -0.25) is 9.59 Å². The van der Waals surface area contributed by atoms with Crippen LogP contribution in [0.25, 0.3) is 0 Å². The predicted octanol–water partition coefficient (Wildman–Crippen LogP) is 4.46. The van der Waals surface area contributed by atoms with Crippen molar-refractivity contribution in [2.75, 3.05) is 17.6 Å². The lowest BCUT2D eigenvalue weighted by molar-refractivity contribution is -0.113. The Balaban J connectivity index is 1.87. The molecule has 2 amide bonds. The van der Waals surface area contributed by atoms with Crippen LogP contribution in [-0.4, -0.2) is 24.1 Å². The van der Waals surface area contributed by atoms with E-state index in [0.29, 0.717) is 23.5 Å². The minimum Gasteiger partial charge on any atom is -0.352 e. The molecule has 0 aliphatic heterocycles. The van der Waals surface area contributed by atoms with Crippen LogP contribution in [0.1, 0.15) is 29.3 Å². The average Bonchev–Trinajstić information content (AvgIpc) is 2.62. The van der Waals surface area contributed by atoms with Crippen molar-refractivity contribution in [1.82, 2.24) is 5.32 Å². The molecule has 2 N–H and O–H groups in total. The lowest BCUT2D eigenvalue weighted by Gasteiger charge is -2.11. The number of hydrogen-bond acceptors (Lipinski definition) is 3. The van der Waals surface area contributed by atoms with Crippen LogP contribution < -0.4 is 10.6 Å². The first-order valence-electron chi connectivity index (χ1n) is 8.09. The summed E-state index contributed by atoms with van der Waals surface area (Å²) < 4.78 is 1.04. The number of hydrogen-bond donors (Lipinski definition) is 2. The molecule has 0 aliphatic carbocycles. The first-order chi connectivity index (χ1) is 12.1. The van der Waals surface area contributed by atoms with E-state index in [1.54, 1.807) is 24.3 Å². The van der Waals surface area contributed by atoms with Gasteiger partial charge >= 0.3 is 0 Å². The molecule has 0 aromatic heterocycles. The van der Waals surface area contributed by atoms with E-state index in [1.165, 1.54) is 17.3 Å². The Bertz CT molecular complexity index is 720. The van der Waals surface area contributed by atoms with Gasteiger partial charge in [-0.05, 0) is 36.2 Å². The number of carbonyl (C=O) groups is 2. The molecule has 2 rings (SSSR count). The lowest BCUT2D eigenvalue weighted by Crippen LogP contribution is -2.26. The van der Waals surface area contributed by atoms with Gasteiger partial charge in [-0.2, -0.15) is 0 Å². The van der Waals surface area contributed by atoms with Crippen molar-refractivity contribution in [3.8, 4) is 0 Å². The zero-order valence-electron chi connectivity index (χ0n) is 14.0. The van der Waals surface area contributed by atoms with Crippen LogP contribution in [0.15, 0.2) is 53.0 Å². The largest absolute Gasteiger partial charge is 0.352 e. The number of benzene rings is 2. The van der Waals surface area contributed by atoms with E-state index in [4.69, 9.17) is 0 Å². The predicted molar refractivity (Wildman–Crippen MR) is 108 cm³/mol. The quantitative estimate of drug-likeness (QED) is 0.662. The second-order valence-electron chi connectivity index (χ2n) is 5.47. The van der Waals surface area contributed by atoms with Gasteiger partial charge in [-0.25, -0.2) is 0 Å². The zero-order chi connectivity index (χ0) is 18.1. The highest BCUT2D eigenvalue weighted by Gasteiger charge is 2.12. The summed E-state index contributed by atoms with van der Waals surface area (Å²) in [4.78, 5) is 24.3. The van der Waals surface area contributed by atoms with Gasteiger partial charge in [0, 0.05) is 16.8 Å². The monoisotopic (exact) mass is 420 g/mol. The van der Waals surface area contributed by atoms with Crippen molar-refractivity contribution >= 4 is 45.2 Å². The standard InChI is InChI=1S/C19H21BrN2O2S/c1-2-11-21-19(24)16-5-3-4-6-17(16)22-18(23)13-25-12-14-7-9-15(20)10-8-14/h3-10H,2,11-13H2,1H3,(H,21,24)(H,22,23). The molecule has 2 aromatic rings. The molecule has 25 heavy (non-hydrogen) atoms. The fourth-order valence-corrected chi connectivity index (χ4v) is 3.20. The van der Waals surface area contributed by atoms with Crippen molar-refractivity contribution in [2.24, 2.45) is 0 Å². The third-order valence-corrected chi connectivity index (χ3v) is 4.93. The molecule has 0 heterocycles. The number of rotatable bonds is 8. The second-order valence-corrected chi connectivity index (χ2v) is 7.37. The Morgan fingerprint density at radius 3 is 2.52 bits per heavy atom. The number of carbonyl (C=O) groups excluding carboxylic acids is 2. The molecule has 0 atom stereocenters. The molecule has 6 heteroatoms. The van der Waals surface area contributed by atoms with Crippen molar-refractivity contribution in [2.45, 2.75) is 19.1 Å². The smallest absolute Gasteiger partial charge is 0.253 e. The maximum atomic E-state index is 12.2. The van der Waals surface area contributed by atoms with Gasteiger partial charge in [0.2, 0.25) is 5.91 Å². The molecule has 0 radical (unpaired) electrons. The highest BCUT2D eigenvalue weighted by molar-refractivity contribution is 9.10. The number of para-hydroxylation sites is 1. The minimum atomic E-state index is -0.166. The fraction of sp³-hybridized carbons (Fsp3) is 0.263. The van der Waals surface area contributed by atoms with Gasteiger partial charge in [0.15, 0.2) is 0 Å². The number of nitrogens with one attached hydrogen (secondary N) is 2. The number of halogens is 1. The van der Waals surface area contributed by atoms with Crippen molar-refractivity contribution in [3.63, 3.8) is 0 Å². The van der Waals surface area contributed by atoms with Gasteiger partial charge in [-0.15, -0.1) is 11.8 Å². The van der Waals surface area contributed by atoms with Crippen LogP contribution >= 0.6 is 27.7 Å². The first-order valence-corrected chi connectivity index (χ1v) is 10.0. The zero-order valence-corrected chi connectivity index (χ0v) is 16.5. The summed E-state index contributed by atoms with van der Waals surface area (Å²) in [5.41, 5.74) is 2.20.